The molecule has 2 fully saturated rings. The Morgan fingerprint density at radius 1 is 1.00 bits per heavy atom. The molecule has 2 amide bonds. The number of para-hydroxylation sites is 1. The van der Waals surface area contributed by atoms with E-state index in [4.69, 9.17) is 0 Å². The summed E-state index contributed by atoms with van der Waals surface area (Å²) >= 11 is 0. The summed E-state index contributed by atoms with van der Waals surface area (Å²) in [6.45, 7) is 1.25. The van der Waals surface area contributed by atoms with Crippen molar-refractivity contribution in [1.82, 2.24) is 5.32 Å². The predicted octanol–water partition coefficient (Wildman–Crippen LogP) is 0.395. The average Bonchev–Trinajstić information content (AvgIpc) is 2.86. The summed E-state index contributed by atoms with van der Waals surface area (Å²) in [6, 6.07) is 9.13. The van der Waals surface area contributed by atoms with Crippen molar-refractivity contribution >= 4 is 17.5 Å². The number of fused-ring (bicyclic) bond motifs is 1. The molecule has 16 heavy (non-hydrogen) atoms. The summed E-state index contributed by atoms with van der Waals surface area (Å²) in [5.74, 6) is -0.446. The largest absolute Gasteiger partial charge is 0.315 e. The first kappa shape index (κ1) is 9.54. The molecule has 2 aliphatic heterocycles. The van der Waals surface area contributed by atoms with Crippen LogP contribution in [-0.2, 0) is 9.59 Å². The van der Waals surface area contributed by atoms with Gasteiger partial charge in [-0.3, -0.25) is 9.59 Å². The zero-order valence-electron chi connectivity index (χ0n) is 8.72. The fourth-order valence-corrected chi connectivity index (χ4v) is 2.47. The number of hydrogen-bond donors (Lipinski definition) is 1. The van der Waals surface area contributed by atoms with Gasteiger partial charge in [-0.05, 0) is 12.1 Å². The van der Waals surface area contributed by atoms with Crippen LogP contribution in [0, 0.1) is 11.8 Å². The topological polar surface area (TPSA) is 49.4 Å². The molecule has 2 heterocycles. The molecule has 0 saturated carbocycles. The minimum Gasteiger partial charge on any atom is -0.315 e. The minimum absolute atomic E-state index is 0.0637. The highest BCUT2D eigenvalue weighted by Gasteiger charge is 2.50. The smallest absolute Gasteiger partial charge is 0.239 e. The van der Waals surface area contributed by atoms with Crippen LogP contribution in [0.25, 0.3) is 0 Å². The van der Waals surface area contributed by atoms with E-state index in [0.717, 1.165) is 0 Å². The second-order valence-electron chi connectivity index (χ2n) is 4.22. The van der Waals surface area contributed by atoms with E-state index < -0.39 is 0 Å². The Kier molecular flexibility index (Phi) is 2.04. The van der Waals surface area contributed by atoms with Gasteiger partial charge in [-0.1, -0.05) is 18.2 Å². The van der Waals surface area contributed by atoms with E-state index in [1.54, 1.807) is 12.1 Å². The molecular formula is C12H12N2O2. The molecule has 0 radical (unpaired) electrons. The van der Waals surface area contributed by atoms with Crippen molar-refractivity contribution in [3.05, 3.63) is 30.3 Å². The zero-order chi connectivity index (χ0) is 11.1. The first-order valence-electron chi connectivity index (χ1n) is 5.42. The summed E-state index contributed by atoms with van der Waals surface area (Å²) < 4.78 is 0. The zero-order valence-corrected chi connectivity index (χ0v) is 8.72. The fourth-order valence-electron chi connectivity index (χ4n) is 2.47. The molecule has 4 heteroatoms. The van der Waals surface area contributed by atoms with Gasteiger partial charge in [0.25, 0.3) is 0 Å². The summed E-state index contributed by atoms with van der Waals surface area (Å²) in [7, 11) is 0. The van der Waals surface area contributed by atoms with Crippen molar-refractivity contribution < 1.29 is 9.59 Å². The molecular weight excluding hydrogens is 204 g/mol. The SMILES string of the molecule is O=C1[C@H]2CNC[C@@H]2C(=O)N1c1ccccc1. The maximum atomic E-state index is 12.1. The van der Waals surface area contributed by atoms with Gasteiger partial charge < -0.3 is 5.32 Å². The van der Waals surface area contributed by atoms with Crippen molar-refractivity contribution in [3.63, 3.8) is 0 Å². The molecule has 1 aromatic rings. The summed E-state index contributed by atoms with van der Waals surface area (Å²) in [4.78, 5) is 25.5. The first-order chi connectivity index (χ1) is 7.79. The number of nitrogens with one attached hydrogen (secondary N) is 1. The Balaban J connectivity index is 1.98. The van der Waals surface area contributed by atoms with E-state index in [1.807, 2.05) is 18.2 Å². The molecule has 1 N–H and O–H groups in total. The van der Waals surface area contributed by atoms with Crippen LogP contribution >= 0.6 is 0 Å². The monoisotopic (exact) mass is 216 g/mol. The molecule has 82 valence electrons. The Morgan fingerprint density at radius 2 is 1.56 bits per heavy atom. The summed E-state index contributed by atoms with van der Waals surface area (Å²) in [5, 5.41) is 3.09. The van der Waals surface area contributed by atoms with Crippen LogP contribution < -0.4 is 10.2 Å². The van der Waals surface area contributed by atoms with E-state index in [1.165, 1.54) is 4.90 Å². The van der Waals surface area contributed by atoms with Gasteiger partial charge in [-0.2, -0.15) is 0 Å². The Morgan fingerprint density at radius 3 is 2.12 bits per heavy atom. The van der Waals surface area contributed by atoms with Gasteiger partial charge in [0.15, 0.2) is 0 Å². The number of anilines is 1. The van der Waals surface area contributed by atoms with Crippen LogP contribution in [0.2, 0.25) is 0 Å². The number of carbonyl (C=O) groups excluding carboxylic acids is 2. The van der Waals surface area contributed by atoms with Crippen molar-refractivity contribution in [2.24, 2.45) is 11.8 Å². The second kappa shape index (κ2) is 3.42. The lowest BCUT2D eigenvalue weighted by Crippen LogP contribution is -2.34. The van der Waals surface area contributed by atoms with Crippen molar-refractivity contribution in [1.29, 1.82) is 0 Å². The van der Waals surface area contributed by atoms with Gasteiger partial charge in [0.2, 0.25) is 11.8 Å². The number of amides is 2. The van der Waals surface area contributed by atoms with Gasteiger partial charge in [-0.15, -0.1) is 0 Å². The van der Waals surface area contributed by atoms with Gasteiger partial charge in [-0.25, -0.2) is 4.90 Å². The molecule has 2 aliphatic rings. The minimum atomic E-state index is -0.160. The van der Waals surface area contributed by atoms with Gasteiger partial charge >= 0.3 is 0 Å². The van der Waals surface area contributed by atoms with Crippen LogP contribution in [0.15, 0.2) is 30.3 Å². The molecule has 2 saturated heterocycles. The second-order valence-corrected chi connectivity index (χ2v) is 4.22. The normalized spacial score (nSPS) is 28.6. The number of carbonyl (C=O) groups is 2. The Labute approximate surface area is 93.2 Å². The molecule has 0 aromatic heterocycles. The Bertz CT molecular complexity index is 422. The molecule has 2 atom stereocenters. The highest BCUT2D eigenvalue weighted by molar-refractivity contribution is 6.22. The van der Waals surface area contributed by atoms with Crippen LogP contribution in [0.4, 0.5) is 5.69 Å². The van der Waals surface area contributed by atoms with Crippen LogP contribution in [0.1, 0.15) is 0 Å². The fraction of sp³-hybridized carbons (Fsp3) is 0.333. The Hall–Kier alpha value is -1.68. The highest BCUT2D eigenvalue weighted by Crippen LogP contribution is 2.32. The van der Waals surface area contributed by atoms with Crippen LogP contribution in [-0.4, -0.2) is 24.9 Å². The lowest BCUT2D eigenvalue weighted by Gasteiger charge is -2.15. The molecule has 0 unspecified atom stereocenters. The first-order valence-corrected chi connectivity index (χ1v) is 5.42. The molecule has 4 nitrogen and oxygen atoms in total. The molecule has 0 bridgehead atoms. The third-order valence-electron chi connectivity index (χ3n) is 3.30. The van der Waals surface area contributed by atoms with E-state index in [2.05, 4.69) is 5.32 Å². The van der Waals surface area contributed by atoms with Crippen molar-refractivity contribution in [2.75, 3.05) is 18.0 Å². The van der Waals surface area contributed by atoms with Crippen LogP contribution in [0.5, 0.6) is 0 Å². The average molecular weight is 216 g/mol. The maximum absolute atomic E-state index is 12.1. The van der Waals surface area contributed by atoms with Gasteiger partial charge in [0.05, 0.1) is 17.5 Å². The van der Waals surface area contributed by atoms with Gasteiger partial charge in [0.1, 0.15) is 0 Å². The standard InChI is InChI=1S/C12H12N2O2/c15-11-9-6-13-7-10(9)12(16)14(11)8-4-2-1-3-5-8/h1-5,9-10,13H,6-7H2/t9-,10-/m0/s1. The van der Waals surface area contributed by atoms with E-state index in [0.29, 0.717) is 18.8 Å². The molecule has 1 aromatic carbocycles. The third kappa shape index (κ3) is 1.20. The lowest BCUT2D eigenvalue weighted by molar-refractivity contribution is -0.122. The maximum Gasteiger partial charge on any atom is 0.239 e. The molecule has 0 aliphatic carbocycles. The quantitative estimate of drug-likeness (QED) is 0.691. The van der Waals surface area contributed by atoms with Gasteiger partial charge in [0, 0.05) is 13.1 Å². The molecule has 0 spiro atoms. The number of hydrogen-bond acceptors (Lipinski definition) is 3. The van der Waals surface area contributed by atoms with Crippen LogP contribution in [0.3, 0.4) is 0 Å². The number of imide groups is 1. The summed E-state index contributed by atoms with van der Waals surface area (Å²) in [6.07, 6.45) is 0. The van der Waals surface area contributed by atoms with E-state index in [-0.39, 0.29) is 23.7 Å². The molecule has 3 rings (SSSR count). The highest BCUT2D eigenvalue weighted by atomic mass is 16.2. The number of benzene rings is 1. The number of rotatable bonds is 1. The van der Waals surface area contributed by atoms with E-state index in [9.17, 15) is 9.59 Å². The van der Waals surface area contributed by atoms with Crippen molar-refractivity contribution in [2.45, 2.75) is 0 Å². The summed E-state index contributed by atoms with van der Waals surface area (Å²) in [5.41, 5.74) is 0.687. The third-order valence-corrected chi connectivity index (χ3v) is 3.30. The van der Waals surface area contributed by atoms with E-state index >= 15 is 0 Å². The predicted molar refractivity (Wildman–Crippen MR) is 58.8 cm³/mol. The van der Waals surface area contributed by atoms with Crippen molar-refractivity contribution in [3.8, 4) is 0 Å². The lowest BCUT2D eigenvalue weighted by atomic mass is 10.00. The number of nitrogens with zero attached hydrogens (tertiary/aromatic N) is 1.